The van der Waals surface area contributed by atoms with Gasteiger partial charge in [-0.25, -0.2) is 4.98 Å². The van der Waals surface area contributed by atoms with Gasteiger partial charge in [0.1, 0.15) is 5.82 Å². The molecule has 2 aliphatic rings. The van der Waals surface area contributed by atoms with Crippen molar-refractivity contribution in [3.05, 3.63) is 48.0 Å². The number of aromatic nitrogens is 1. The second-order valence-electron chi connectivity index (χ2n) is 7.01. The Hall–Kier alpha value is -2.83. The zero-order valence-electron chi connectivity index (χ0n) is 15.3. The van der Waals surface area contributed by atoms with Crippen LogP contribution in [0.3, 0.4) is 0 Å². The monoisotopic (exact) mass is 368 g/mol. The lowest BCUT2D eigenvalue weighted by Crippen LogP contribution is -2.49. The van der Waals surface area contributed by atoms with Crippen molar-refractivity contribution in [3.63, 3.8) is 0 Å². The van der Waals surface area contributed by atoms with Gasteiger partial charge in [0.2, 0.25) is 0 Å². The summed E-state index contributed by atoms with van der Waals surface area (Å²) in [5, 5.41) is 0. The zero-order valence-corrected chi connectivity index (χ0v) is 15.3. The Kier molecular flexibility index (Phi) is 5.09. The summed E-state index contributed by atoms with van der Waals surface area (Å²) in [7, 11) is 0. The summed E-state index contributed by atoms with van der Waals surface area (Å²) in [5.74, 6) is 1.22. The predicted octanol–water partition coefficient (Wildman–Crippen LogP) is 2.26. The van der Waals surface area contributed by atoms with Crippen molar-refractivity contribution in [2.24, 2.45) is 0 Å². The molecule has 2 saturated heterocycles. The first-order valence-electron chi connectivity index (χ1n) is 9.55. The largest absolute Gasteiger partial charge is 0.459 e. The highest BCUT2D eigenvalue weighted by Crippen LogP contribution is 2.18. The lowest BCUT2D eigenvalue weighted by Gasteiger charge is -2.35. The SMILES string of the molecule is O=C(c1ccc(N2CCN(C(=O)c3ccco3)CC2)nc1)N1CCCCC1. The number of amides is 2. The lowest BCUT2D eigenvalue weighted by atomic mass is 10.1. The van der Waals surface area contributed by atoms with Gasteiger partial charge < -0.3 is 19.1 Å². The van der Waals surface area contributed by atoms with Gasteiger partial charge in [0.05, 0.1) is 11.8 Å². The Morgan fingerprint density at radius 3 is 2.22 bits per heavy atom. The van der Waals surface area contributed by atoms with Gasteiger partial charge in [-0.1, -0.05) is 0 Å². The van der Waals surface area contributed by atoms with E-state index in [1.807, 2.05) is 17.0 Å². The number of nitrogens with zero attached hydrogens (tertiary/aromatic N) is 4. The van der Waals surface area contributed by atoms with E-state index >= 15 is 0 Å². The fourth-order valence-corrected chi connectivity index (χ4v) is 3.67. The average Bonchev–Trinajstić information content (AvgIpc) is 3.28. The molecule has 0 aromatic carbocycles. The lowest BCUT2D eigenvalue weighted by molar-refractivity contribution is 0.0709. The van der Waals surface area contributed by atoms with E-state index in [1.165, 1.54) is 12.7 Å². The molecule has 142 valence electrons. The summed E-state index contributed by atoms with van der Waals surface area (Å²) in [6.07, 6.45) is 6.55. The van der Waals surface area contributed by atoms with Crippen molar-refractivity contribution in [1.82, 2.24) is 14.8 Å². The number of hydrogen-bond donors (Lipinski definition) is 0. The van der Waals surface area contributed by atoms with E-state index in [9.17, 15) is 9.59 Å². The second kappa shape index (κ2) is 7.82. The molecule has 0 radical (unpaired) electrons. The summed E-state index contributed by atoms with van der Waals surface area (Å²) < 4.78 is 5.19. The number of hydrogen-bond acceptors (Lipinski definition) is 5. The average molecular weight is 368 g/mol. The highest BCUT2D eigenvalue weighted by Gasteiger charge is 2.25. The Morgan fingerprint density at radius 1 is 0.852 bits per heavy atom. The van der Waals surface area contributed by atoms with Gasteiger partial charge in [-0.05, 0) is 43.5 Å². The third-order valence-corrected chi connectivity index (χ3v) is 5.26. The molecule has 2 aliphatic heterocycles. The maximum absolute atomic E-state index is 12.5. The van der Waals surface area contributed by atoms with Crippen molar-refractivity contribution >= 4 is 17.6 Å². The molecule has 2 aromatic heterocycles. The molecular formula is C20H24N4O3. The molecule has 7 heteroatoms. The van der Waals surface area contributed by atoms with Crippen LogP contribution >= 0.6 is 0 Å². The molecule has 4 heterocycles. The van der Waals surface area contributed by atoms with Crippen LogP contribution in [0.5, 0.6) is 0 Å². The van der Waals surface area contributed by atoms with Crippen LogP contribution in [0, 0.1) is 0 Å². The van der Waals surface area contributed by atoms with E-state index in [4.69, 9.17) is 4.42 Å². The van der Waals surface area contributed by atoms with Gasteiger partial charge in [-0.2, -0.15) is 0 Å². The molecule has 0 atom stereocenters. The Labute approximate surface area is 158 Å². The topological polar surface area (TPSA) is 69.9 Å². The number of likely N-dealkylation sites (tertiary alicyclic amines) is 1. The first-order valence-corrected chi connectivity index (χ1v) is 9.55. The maximum atomic E-state index is 12.5. The highest BCUT2D eigenvalue weighted by atomic mass is 16.3. The first-order chi connectivity index (χ1) is 13.2. The Bertz CT molecular complexity index is 774. The van der Waals surface area contributed by atoms with Crippen LogP contribution in [0.4, 0.5) is 5.82 Å². The van der Waals surface area contributed by atoms with Crippen LogP contribution in [-0.2, 0) is 0 Å². The molecule has 0 bridgehead atoms. The third-order valence-electron chi connectivity index (χ3n) is 5.26. The van der Waals surface area contributed by atoms with Crippen molar-refractivity contribution < 1.29 is 14.0 Å². The number of carbonyl (C=O) groups is 2. The van der Waals surface area contributed by atoms with E-state index in [1.54, 1.807) is 23.2 Å². The van der Waals surface area contributed by atoms with Gasteiger partial charge >= 0.3 is 0 Å². The Morgan fingerprint density at radius 2 is 1.59 bits per heavy atom. The van der Waals surface area contributed by atoms with Crippen LogP contribution in [0.2, 0.25) is 0 Å². The number of furan rings is 1. The zero-order chi connectivity index (χ0) is 18.6. The summed E-state index contributed by atoms with van der Waals surface area (Å²) in [5.41, 5.74) is 0.646. The van der Waals surface area contributed by atoms with Gasteiger partial charge in [0.25, 0.3) is 11.8 Å². The summed E-state index contributed by atoms with van der Waals surface area (Å²) in [6.45, 7) is 4.33. The molecule has 4 rings (SSSR count). The fourth-order valence-electron chi connectivity index (χ4n) is 3.67. The van der Waals surface area contributed by atoms with E-state index < -0.39 is 0 Å². The van der Waals surface area contributed by atoms with Crippen molar-refractivity contribution in [2.45, 2.75) is 19.3 Å². The number of carbonyl (C=O) groups excluding carboxylic acids is 2. The maximum Gasteiger partial charge on any atom is 0.289 e. The van der Waals surface area contributed by atoms with Gasteiger partial charge in [-0.3, -0.25) is 9.59 Å². The normalized spacial score (nSPS) is 17.9. The molecule has 7 nitrogen and oxygen atoms in total. The fraction of sp³-hybridized carbons (Fsp3) is 0.450. The van der Waals surface area contributed by atoms with Crippen LogP contribution in [0.25, 0.3) is 0 Å². The van der Waals surface area contributed by atoms with Gasteiger partial charge in [0, 0.05) is 45.5 Å². The minimum Gasteiger partial charge on any atom is -0.459 e. The third kappa shape index (κ3) is 3.82. The van der Waals surface area contributed by atoms with Crippen molar-refractivity contribution in [1.29, 1.82) is 0 Å². The molecule has 2 aromatic rings. The molecular weight excluding hydrogens is 344 g/mol. The van der Waals surface area contributed by atoms with Crippen LogP contribution in [0.1, 0.15) is 40.2 Å². The number of rotatable bonds is 3. The quantitative estimate of drug-likeness (QED) is 0.831. The molecule has 0 N–H and O–H groups in total. The predicted molar refractivity (Wildman–Crippen MR) is 101 cm³/mol. The molecule has 27 heavy (non-hydrogen) atoms. The van der Waals surface area contributed by atoms with Crippen molar-refractivity contribution in [2.75, 3.05) is 44.2 Å². The van der Waals surface area contributed by atoms with Crippen LogP contribution < -0.4 is 4.90 Å². The summed E-state index contributed by atoms with van der Waals surface area (Å²) in [4.78, 5) is 35.2. The van der Waals surface area contributed by atoms with E-state index in [2.05, 4.69) is 9.88 Å². The van der Waals surface area contributed by atoms with E-state index in [0.29, 0.717) is 37.5 Å². The molecule has 2 amide bonds. The number of pyridine rings is 1. The Balaban J connectivity index is 1.34. The molecule has 0 saturated carbocycles. The molecule has 0 spiro atoms. The van der Waals surface area contributed by atoms with E-state index in [-0.39, 0.29) is 11.8 Å². The number of anilines is 1. The van der Waals surface area contributed by atoms with Gasteiger partial charge in [0.15, 0.2) is 5.76 Å². The molecule has 0 unspecified atom stereocenters. The van der Waals surface area contributed by atoms with Gasteiger partial charge in [-0.15, -0.1) is 0 Å². The first kappa shape index (κ1) is 17.6. The number of piperazine rings is 1. The smallest absolute Gasteiger partial charge is 0.289 e. The molecule has 2 fully saturated rings. The summed E-state index contributed by atoms with van der Waals surface area (Å²) >= 11 is 0. The highest BCUT2D eigenvalue weighted by molar-refractivity contribution is 5.94. The standard InChI is InChI=1S/C20H24N4O3/c25-19(23-8-2-1-3-9-23)16-6-7-18(21-15-16)22-10-12-24(13-11-22)20(26)17-5-4-14-27-17/h4-7,14-15H,1-3,8-13H2. The van der Waals surface area contributed by atoms with E-state index in [0.717, 1.165) is 31.7 Å². The van der Waals surface area contributed by atoms with Crippen molar-refractivity contribution in [3.8, 4) is 0 Å². The summed E-state index contributed by atoms with van der Waals surface area (Å²) in [6, 6.07) is 7.18. The minimum atomic E-state index is -0.0740. The molecule has 0 aliphatic carbocycles. The van der Waals surface area contributed by atoms with Crippen LogP contribution in [-0.4, -0.2) is 65.9 Å². The minimum absolute atomic E-state index is 0.0719. The number of piperidine rings is 1. The van der Waals surface area contributed by atoms with Crippen LogP contribution in [0.15, 0.2) is 41.1 Å². The second-order valence-corrected chi connectivity index (χ2v) is 7.01.